The molecule has 0 radical (unpaired) electrons. The average molecular weight is 344 g/mol. The van der Waals surface area contributed by atoms with E-state index in [9.17, 15) is 4.79 Å². The maximum Gasteiger partial charge on any atom is 0.251 e. The molecule has 1 atom stereocenters. The number of carbonyl (C=O) groups excluding carboxylic acids is 1. The number of aryl methyl sites for hydroxylation is 2. The Morgan fingerprint density at radius 2 is 2.00 bits per heavy atom. The smallest absolute Gasteiger partial charge is 0.251 e. The molecular weight excluding hydrogens is 316 g/mol. The van der Waals surface area contributed by atoms with Crippen molar-refractivity contribution in [1.82, 2.24) is 10.5 Å². The van der Waals surface area contributed by atoms with Gasteiger partial charge >= 0.3 is 0 Å². The largest absolute Gasteiger partial charge is 0.489 e. The molecule has 0 bridgehead atoms. The van der Waals surface area contributed by atoms with Crippen LogP contribution in [0.1, 0.15) is 61.0 Å². The van der Waals surface area contributed by atoms with Gasteiger partial charge in [-0.25, -0.2) is 0 Å². The molecule has 1 aromatic carbocycles. The first-order chi connectivity index (χ1) is 11.9. The molecule has 0 spiro atoms. The lowest BCUT2D eigenvalue weighted by atomic mass is 10.0. The number of nitrogens with zero attached hydrogens (tertiary/aromatic N) is 1. The van der Waals surface area contributed by atoms with E-state index in [2.05, 4.69) is 24.3 Å². The third-order valence-corrected chi connectivity index (χ3v) is 4.22. The van der Waals surface area contributed by atoms with Crippen molar-refractivity contribution in [3.05, 3.63) is 46.8 Å². The lowest BCUT2D eigenvalue weighted by molar-refractivity contribution is 0.0936. The van der Waals surface area contributed by atoms with E-state index in [0.717, 1.165) is 29.9 Å². The van der Waals surface area contributed by atoms with Crippen molar-refractivity contribution < 1.29 is 14.1 Å². The minimum atomic E-state index is -0.0703. The van der Waals surface area contributed by atoms with Gasteiger partial charge in [0.2, 0.25) is 0 Å². The molecule has 136 valence electrons. The van der Waals surface area contributed by atoms with Crippen LogP contribution < -0.4 is 10.1 Å². The summed E-state index contributed by atoms with van der Waals surface area (Å²) in [5.74, 6) is 1.98. The van der Waals surface area contributed by atoms with Gasteiger partial charge in [-0.15, -0.1) is 0 Å². The second-order valence-electron chi connectivity index (χ2n) is 6.96. The first-order valence-corrected chi connectivity index (χ1v) is 8.82. The second-order valence-corrected chi connectivity index (χ2v) is 6.96. The number of ether oxygens (including phenoxy) is 1. The maximum atomic E-state index is 12.4. The van der Waals surface area contributed by atoms with Gasteiger partial charge in [0.15, 0.2) is 0 Å². The second kappa shape index (κ2) is 8.70. The average Bonchev–Trinajstić information content (AvgIpc) is 2.89. The zero-order valence-corrected chi connectivity index (χ0v) is 15.8. The fourth-order valence-corrected chi connectivity index (χ4v) is 2.55. The Bertz CT molecular complexity index is 687. The molecule has 1 N–H and O–H groups in total. The van der Waals surface area contributed by atoms with E-state index in [0.29, 0.717) is 23.8 Å². The van der Waals surface area contributed by atoms with Crippen LogP contribution >= 0.6 is 0 Å². The highest BCUT2D eigenvalue weighted by atomic mass is 16.5. The van der Waals surface area contributed by atoms with Gasteiger partial charge in [-0.1, -0.05) is 25.1 Å². The summed E-state index contributed by atoms with van der Waals surface area (Å²) in [5, 5.41) is 6.96. The Balaban J connectivity index is 1.95. The van der Waals surface area contributed by atoms with Crippen LogP contribution in [0.4, 0.5) is 0 Å². The SMILES string of the molecule is Cc1noc(C)c1COc1cccc(C(=O)NC(C)CCC(C)C)c1. The minimum absolute atomic E-state index is 0.0703. The molecule has 1 heterocycles. The molecular formula is C20H28N2O3. The molecule has 0 aliphatic heterocycles. The van der Waals surface area contributed by atoms with Crippen molar-refractivity contribution >= 4 is 5.91 Å². The van der Waals surface area contributed by atoms with E-state index in [-0.39, 0.29) is 11.9 Å². The van der Waals surface area contributed by atoms with E-state index in [1.807, 2.05) is 32.9 Å². The van der Waals surface area contributed by atoms with Crippen molar-refractivity contribution in [2.24, 2.45) is 5.92 Å². The Hall–Kier alpha value is -2.30. The Kier molecular flexibility index (Phi) is 6.62. The number of aromatic nitrogens is 1. The van der Waals surface area contributed by atoms with Crippen molar-refractivity contribution in [2.45, 2.75) is 60.1 Å². The van der Waals surface area contributed by atoms with Crippen molar-refractivity contribution in [3.63, 3.8) is 0 Å². The summed E-state index contributed by atoms with van der Waals surface area (Å²) >= 11 is 0. The van der Waals surface area contributed by atoms with Crippen LogP contribution in [-0.2, 0) is 6.61 Å². The molecule has 1 amide bonds. The Morgan fingerprint density at radius 3 is 2.64 bits per heavy atom. The molecule has 2 rings (SSSR count). The predicted octanol–water partition coefficient (Wildman–Crippen LogP) is 4.42. The Labute approximate surface area is 149 Å². The molecule has 0 saturated carbocycles. The number of benzene rings is 1. The highest BCUT2D eigenvalue weighted by Crippen LogP contribution is 2.18. The predicted molar refractivity (Wildman–Crippen MR) is 97.8 cm³/mol. The molecule has 5 nitrogen and oxygen atoms in total. The van der Waals surface area contributed by atoms with Crippen molar-refractivity contribution in [3.8, 4) is 5.75 Å². The highest BCUT2D eigenvalue weighted by Gasteiger charge is 2.13. The lowest BCUT2D eigenvalue weighted by Crippen LogP contribution is -2.32. The number of rotatable bonds is 8. The van der Waals surface area contributed by atoms with Gasteiger partial charge in [-0.2, -0.15) is 0 Å². The standard InChI is InChI=1S/C20H28N2O3/c1-13(2)9-10-14(3)21-20(23)17-7-6-8-18(11-17)24-12-19-15(4)22-25-16(19)5/h6-8,11,13-14H,9-10,12H2,1-5H3,(H,21,23). The normalized spacial score (nSPS) is 12.2. The van der Waals surface area contributed by atoms with Gasteiger partial charge in [0, 0.05) is 11.6 Å². The molecule has 0 fully saturated rings. The van der Waals surface area contributed by atoms with E-state index in [1.165, 1.54) is 0 Å². The van der Waals surface area contributed by atoms with E-state index in [1.54, 1.807) is 12.1 Å². The molecule has 0 aliphatic rings. The number of carbonyl (C=O) groups is 1. The zero-order chi connectivity index (χ0) is 18.4. The van der Waals surface area contributed by atoms with Crippen LogP contribution in [0.3, 0.4) is 0 Å². The molecule has 5 heteroatoms. The zero-order valence-electron chi connectivity index (χ0n) is 15.8. The summed E-state index contributed by atoms with van der Waals surface area (Å²) in [5.41, 5.74) is 2.37. The van der Waals surface area contributed by atoms with Crippen LogP contribution in [0.15, 0.2) is 28.8 Å². The fourth-order valence-electron chi connectivity index (χ4n) is 2.55. The number of nitrogens with one attached hydrogen (secondary N) is 1. The van der Waals surface area contributed by atoms with Gasteiger partial charge in [0.1, 0.15) is 18.1 Å². The molecule has 25 heavy (non-hydrogen) atoms. The van der Waals surface area contributed by atoms with Gasteiger partial charge in [-0.05, 0) is 57.7 Å². The summed E-state index contributed by atoms with van der Waals surface area (Å²) in [7, 11) is 0. The van der Waals surface area contributed by atoms with Gasteiger partial charge in [0.25, 0.3) is 5.91 Å². The van der Waals surface area contributed by atoms with Crippen molar-refractivity contribution in [1.29, 1.82) is 0 Å². The third kappa shape index (κ3) is 5.62. The molecule has 1 aromatic heterocycles. The highest BCUT2D eigenvalue weighted by molar-refractivity contribution is 5.94. The third-order valence-electron chi connectivity index (χ3n) is 4.22. The minimum Gasteiger partial charge on any atom is -0.489 e. The van der Waals surface area contributed by atoms with Gasteiger partial charge in [-0.3, -0.25) is 4.79 Å². The topological polar surface area (TPSA) is 64.4 Å². The Morgan fingerprint density at radius 1 is 1.24 bits per heavy atom. The fraction of sp³-hybridized carbons (Fsp3) is 0.500. The van der Waals surface area contributed by atoms with Gasteiger partial charge < -0.3 is 14.6 Å². The lowest BCUT2D eigenvalue weighted by Gasteiger charge is -2.15. The molecule has 0 aliphatic carbocycles. The summed E-state index contributed by atoms with van der Waals surface area (Å²) in [6.45, 7) is 10.5. The van der Waals surface area contributed by atoms with Crippen molar-refractivity contribution in [2.75, 3.05) is 0 Å². The van der Waals surface area contributed by atoms with E-state index >= 15 is 0 Å². The summed E-state index contributed by atoms with van der Waals surface area (Å²) in [6.07, 6.45) is 2.08. The number of hydrogen-bond donors (Lipinski definition) is 1. The van der Waals surface area contributed by atoms with Crippen LogP contribution in [0.5, 0.6) is 5.75 Å². The van der Waals surface area contributed by atoms with Crippen LogP contribution in [0.2, 0.25) is 0 Å². The number of amides is 1. The molecule has 0 saturated heterocycles. The first-order valence-electron chi connectivity index (χ1n) is 8.82. The van der Waals surface area contributed by atoms with Crippen LogP contribution in [-0.4, -0.2) is 17.1 Å². The quantitative estimate of drug-likeness (QED) is 0.769. The van der Waals surface area contributed by atoms with E-state index < -0.39 is 0 Å². The first kappa shape index (κ1) is 19.0. The maximum absolute atomic E-state index is 12.4. The number of hydrogen-bond acceptors (Lipinski definition) is 4. The van der Waals surface area contributed by atoms with Crippen LogP contribution in [0.25, 0.3) is 0 Å². The van der Waals surface area contributed by atoms with Crippen LogP contribution in [0, 0.1) is 19.8 Å². The summed E-state index contributed by atoms with van der Waals surface area (Å²) in [4.78, 5) is 12.4. The summed E-state index contributed by atoms with van der Waals surface area (Å²) < 4.78 is 10.9. The monoisotopic (exact) mass is 344 g/mol. The van der Waals surface area contributed by atoms with E-state index in [4.69, 9.17) is 9.26 Å². The molecule has 1 unspecified atom stereocenters. The summed E-state index contributed by atoms with van der Waals surface area (Å²) in [6, 6.07) is 7.39. The molecule has 2 aromatic rings. The van der Waals surface area contributed by atoms with Gasteiger partial charge in [0.05, 0.1) is 11.3 Å².